The third-order valence-corrected chi connectivity index (χ3v) is 2.05. The van der Waals surface area contributed by atoms with Gasteiger partial charge in [0.2, 0.25) is 0 Å². The minimum Gasteiger partial charge on any atom is -0.465 e. The number of carbonyl (C=O) groups is 1. The molecular formula is C7H8N2O2S. The summed E-state index contributed by atoms with van der Waals surface area (Å²) in [6.45, 7) is 0. The van der Waals surface area contributed by atoms with Crippen LogP contribution < -0.4 is 5.73 Å². The second-order valence-corrected chi connectivity index (χ2v) is 2.83. The van der Waals surface area contributed by atoms with Gasteiger partial charge < -0.3 is 10.5 Å². The summed E-state index contributed by atoms with van der Waals surface area (Å²) < 4.78 is 4.51. The first kappa shape index (κ1) is 8.73. The van der Waals surface area contributed by atoms with E-state index in [9.17, 15) is 4.79 Å². The molecule has 0 unspecified atom stereocenters. The van der Waals surface area contributed by atoms with Crippen LogP contribution >= 0.6 is 11.3 Å². The molecule has 5 heteroatoms. The van der Waals surface area contributed by atoms with Gasteiger partial charge in [0.15, 0.2) is 0 Å². The number of nitrogens with two attached hydrogens (primary N) is 1. The van der Waals surface area contributed by atoms with Gasteiger partial charge in [-0.3, -0.25) is 0 Å². The molecule has 4 nitrogen and oxygen atoms in total. The summed E-state index contributed by atoms with van der Waals surface area (Å²) >= 11 is 1.34. The Labute approximate surface area is 73.7 Å². The number of ether oxygens (including phenoxy) is 1. The van der Waals surface area contributed by atoms with Crippen molar-refractivity contribution in [3.05, 3.63) is 17.0 Å². The van der Waals surface area contributed by atoms with Gasteiger partial charge in [-0.25, -0.2) is 9.79 Å². The predicted octanol–water partition coefficient (Wildman–Crippen LogP) is 1.15. The summed E-state index contributed by atoms with van der Waals surface area (Å²) in [4.78, 5) is 14.7. The molecule has 0 amide bonds. The molecule has 0 spiro atoms. The Morgan fingerprint density at radius 3 is 3.17 bits per heavy atom. The zero-order valence-electron chi connectivity index (χ0n) is 6.48. The van der Waals surface area contributed by atoms with Gasteiger partial charge in [0.05, 0.1) is 19.0 Å². The van der Waals surface area contributed by atoms with Gasteiger partial charge in [-0.05, 0) is 6.07 Å². The van der Waals surface area contributed by atoms with Crippen molar-refractivity contribution in [3.63, 3.8) is 0 Å². The number of aliphatic imine (C=N–C) groups is 1. The van der Waals surface area contributed by atoms with Gasteiger partial charge in [-0.1, -0.05) is 0 Å². The van der Waals surface area contributed by atoms with Gasteiger partial charge in [-0.15, -0.1) is 11.3 Å². The smallest absolute Gasteiger partial charge is 0.338 e. The number of esters is 1. The van der Waals surface area contributed by atoms with Crippen LogP contribution in [-0.4, -0.2) is 19.4 Å². The van der Waals surface area contributed by atoms with Gasteiger partial charge in [0.1, 0.15) is 5.00 Å². The Hall–Kier alpha value is -1.36. The van der Waals surface area contributed by atoms with E-state index in [2.05, 4.69) is 9.73 Å². The number of hydrogen-bond acceptors (Lipinski definition) is 4. The normalized spacial score (nSPS) is 10.4. The zero-order valence-corrected chi connectivity index (χ0v) is 7.30. The molecule has 0 bridgehead atoms. The molecule has 0 aromatic carbocycles. The van der Waals surface area contributed by atoms with E-state index in [4.69, 9.17) is 5.73 Å². The molecule has 0 radical (unpaired) electrons. The zero-order chi connectivity index (χ0) is 8.97. The van der Waals surface area contributed by atoms with Crippen LogP contribution in [0.3, 0.4) is 0 Å². The van der Waals surface area contributed by atoms with Crippen LogP contribution in [0.15, 0.2) is 16.4 Å². The van der Waals surface area contributed by atoms with Crippen LogP contribution in [0.1, 0.15) is 10.4 Å². The fourth-order valence-electron chi connectivity index (χ4n) is 0.691. The topological polar surface area (TPSA) is 64.7 Å². The van der Waals surface area contributed by atoms with Crippen molar-refractivity contribution in [1.29, 1.82) is 0 Å². The average Bonchev–Trinajstić information content (AvgIpc) is 2.52. The van der Waals surface area contributed by atoms with Gasteiger partial charge in [0, 0.05) is 5.38 Å². The molecule has 64 valence electrons. The third-order valence-electron chi connectivity index (χ3n) is 1.21. The highest BCUT2D eigenvalue weighted by atomic mass is 32.1. The summed E-state index contributed by atoms with van der Waals surface area (Å²) in [5.41, 5.74) is 5.58. The molecule has 0 saturated heterocycles. The maximum Gasteiger partial charge on any atom is 0.338 e. The van der Waals surface area contributed by atoms with Crippen molar-refractivity contribution in [1.82, 2.24) is 0 Å². The van der Waals surface area contributed by atoms with Gasteiger partial charge in [-0.2, -0.15) is 0 Å². The SMILES string of the molecule is COC(=O)c1csc(/N=C\N)c1. The second kappa shape index (κ2) is 3.87. The minimum absolute atomic E-state index is 0.357. The highest BCUT2D eigenvalue weighted by Gasteiger charge is 2.06. The highest BCUT2D eigenvalue weighted by Crippen LogP contribution is 2.23. The fourth-order valence-corrected chi connectivity index (χ4v) is 1.42. The maximum absolute atomic E-state index is 10.9. The summed E-state index contributed by atoms with van der Waals surface area (Å²) in [6, 6.07) is 1.62. The Morgan fingerprint density at radius 1 is 1.83 bits per heavy atom. The summed E-state index contributed by atoms with van der Waals surface area (Å²) in [5.74, 6) is -0.357. The van der Waals surface area contributed by atoms with Gasteiger partial charge >= 0.3 is 5.97 Å². The molecule has 1 rings (SSSR count). The molecular weight excluding hydrogens is 176 g/mol. The van der Waals surface area contributed by atoms with Crippen molar-refractivity contribution < 1.29 is 9.53 Å². The highest BCUT2D eigenvalue weighted by molar-refractivity contribution is 7.14. The van der Waals surface area contributed by atoms with E-state index >= 15 is 0 Å². The van der Waals surface area contributed by atoms with E-state index in [0.29, 0.717) is 10.6 Å². The van der Waals surface area contributed by atoms with Crippen LogP contribution in [-0.2, 0) is 4.74 Å². The average molecular weight is 184 g/mol. The van der Waals surface area contributed by atoms with Crippen molar-refractivity contribution >= 4 is 28.6 Å². The van der Waals surface area contributed by atoms with Crippen LogP contribution in [0.5, 0.6) is 0 Å². The van der Waals surface area contributed by atoms with E-state index in [1.165, 1.54) is 24.8 Å². The first-order valence-electron chi connectivity index (χ1n) is 3.19. The maximum atomic E-state index is 10.9. The number of nitrogens with zero attached hydrogens (tertiary/aromatic N) is 1. The lowest BCUT2D eigenvalue weighted by Gasteiger charge is -1.91. The number of carbonyl (C=O) groups excluding carboxylic acids is 1. The van der Waals surface area contributed by atoms with Crippen molar-refractivity contribution in [2.45, 2.75) is 0 Å². The lowest BCUT2D eigenvalue weighted by atomic mass is 10.3. The van der Waals surface area contributed by atoms with Gasteiger partial charge in [0.25, 0.3) is 0 Å². The lowest BCUT2D eigenvalue weighted by molar-refractivity contribution is 0.0601. The van der Waals surface area contributed by atoms with E-state index in [-0.39, 0.29) is 5.97 Å². The first-order chi connectivity index (χ1) is 5.77. The summed E-state index contributed by atoms with van der Waals surface area (Å²) in [7, 11) is 1.34. The Balaban J connectivity index is 2.84. The van der Waals surface area contributed by atoms with Crippen LogP contribution in [0.4, 0.5) is 5.00 Å². The van der Waals surface area contributed by atoms with Crippen LogP contribution in [0.25, 0.3) is 0 Å². The van der Waals surface area contributed by atoms with Crippen molar-refractivity contribution in [2.75, 3.05) is 7.11 Å². The second-order valence-electron chi connectivity index (χ2n) is 1.94. The Morgan fingerprint density at radius 2 is 2.58 bits per heavy atom. The Kier molecular flexibility index (Phi) is 2.82. The Bertz CT molecular complexity index is 306. The van der Waals surface area contributed by atoms with Crippen LogP contribution in [0, 0.1) is 0 Å². The van der Waals surface area contributed by atoms with E-state index in [1.54, 1.807) is 11.4 Å². The lowest BCUT2D eigenvalue weighted by Crippen LogP contribution is -1.97. The minimum atomic E-state index is -0.357. The standard InChI is InChI=1S/C7H8N2O2S/c1-11-7(10)5-2-6(9-4-8)12-3-5/h2-4H,1H3,(H2,8,9). The summed E-state index contributed by atoms with van der Waals surface area (Å²) in [6.07, 6.45) is 1.19. The monoisotopic (exact) mass is 184 g/mol. The van der Waals surface area contributed by atoms with Crippen molar-refractivity contribution in [3.8, 4) is 0 Å². The number of thiophene rings is 1. The molecule has 0 aliphatic carbocycles. The quantitative estimate of drug-likeness (QED) is 0.426. The molecule has 0 atom stereocenters. The first-order valence-corrected chi connectivity index (χ1v) is 4.07. The third kappa shape index (κ3) is 1.82. The molecule has 0 aliphatic rings. The molecule has 0 fully saturated rings. The molecule has 0 aliphatic heterocycles. The number of methoxy groups -OCH3 is 1. The van der Waals surface area contributed by atoms with E-state index < -0.39 is 0 Å². The number of rotatable bonds is 2. The molecule has 12 heavy (non-hydrogen) atoms. The largest absolute Gasteiger partial charge is 0.465 e. The molecule has 1 heterocycles. The van der Waals surface area contributed by atoms with Crippen molar-refractivity contribution in [2.24, 2.45) is 10.7 Å². The molecule has 1 aromatic rings. The molecule has 2 N–H and O–H groups in total. The molecule has 1 aromatic heterocycles. The summed E-state index contributed by atoms with van der Waals surface area (Å²) in [5, 5.41) is 2.37. The number of hydrogen-bond donors (Lipinski definition) is 1. The van der Waals surface area contributed by atoms with E-state index in [0.717, 1.165) is 0 Å². The predicted molar refractivity (Wildman–Crippen MR) is 48.0 cm³/mol. The van der Waals surface area contributed by atoms with Crippen LogP contribution in [0.2, 0.25) is 0 Å². The van der Waals surface area contributed by atoms with E-state index in [1.807, 2.05) is 0 Å². The fraction of sp³-hybridized carbons (Fsp3) is 0.143. The molecule has 0 saturated carbocycles.